The van der Waals surface area contributed by atoms with Crippen molar-refractivity contribution in [2.24, 2.45) is 0 Å². The Balaban J connectivity index is 2.38. The Hall–Kier alpha value is -1.91. The van der Waals surface area contributed by atoms with E-state index in [2.05, 4.69) is 9.84 Å². The molecule has 0 fully saturated rings. The Labute approximate surface area is 84.9 Å². The van der Waals surface area contributed by atoms with Crippen LogP contribution < -0.4 is 4.74 Å². The highest BCUT2D eigenvalue weighted by atomic mass is 19.3. The second kappa shape index (κ2) is 4.08. The molecular weight excluding hydrogens is 202 g/mol. The van der Waals surface area contributed by atoms with Gasteiger partial charge in [0.25, 0.3) is 0 Å². The van der Waals surface area contributed by atoms with Crippen LogP contribution in [0.15, 0.2) is 42.7 Å². The third-order valence-corrected chi connectivity index (χ3v) is 1.83. The molecule has 0 bridgehead atoms. The van der Waals surface area contributed by atoms with Gasteiger partial charge >= 0.3 is 6.61 Å². The summed E-state index contributed by atoms with van der Waals surface area (Å²) in [6, 6.07) is 8.20. The molecule has 1 aromatic heterocycles. The van der Waals surface area contributed by atoms with Crippen molar-refractivity contribution in [3.05, 3.63) is 42.7 Å². The number of aromatic nitrogens is 2. The molecule has 1 aromatic carbocycles. The predicted molar refractivity (Wildman–Crippen MR) is 50.2 cm³/mol. The zero-order chi connectivity index (χ0) is 10.7. The second-order valence-electron chi connectivity index (χ2n) is 2.80. The van der Waals surface area contributed by atoms with Gasteiger partial charge in [0.05, 0.1) is 0 Å². The normalized spacial score (nSPS) is 10.6. The molecule has 0 aliphatic rings. The fourth-order valence-corrected chi connectivity index (χ4v) is 1.25. The number of ether oxygens (including phenoxy) is 1. The van der Waals surface area contributed by atoms with Crippen LogP contribution in [0.2, 0.25) is 0 Å². The fraction of sp³-hybridized carbons (Fsp3) is 0.100. The molecule has 0 unspecified atom stereocenters. The molecule has 0 saturated carbocycles. The lowest BCUT2D eigenvalue weighted by Crippen LogP contribution is -2.06. The van der Waals surface area contributed by atoms with Crippen molar-refractivity contribution in [2.75, 3.05) is 0 Å². The summed E-state index contributed by atoms with van der Waals surface area (Å²) in [6.07, 6.45) is 3.23. The minimum Gasteiger partial charge on any atom is -0.433 e. The summed E-state index contributed by atoms with van der Waals surface area (Å²) in [4.78, 5) is 0. The van der Waals surface area contributed by atoms with Crippen molar-refractivity contribution >= 4 is 0 Å². The van der Waals surface area contributed by atoms with E-state index in [0.717, 1.165) is 0 Å². The molecule has 0 aliphatic heterocycles. The van der Waals surface area contributed by atoms with E-state index in [-0.39, 0.29) is 5.75 Å². The van der Waals surface area contributed by atoms with Crippen molar-refractivity contribution in [3.8, 4) is 11.4 Å². The van der Waals surface area contributed by atoms with Gasteiger partial charge in [-0.3, -0.25) is 0 Å². The molecule has 5 heteroatoms. The standard InChI is InChI=1S/C10H8F2N2O/c11-10(12)15-9-5-2-1-4-8(9)14-7-3-6-13-14/h1-7,10H. The van der Waals surface area contributed by atoms with Crippen LogP contribution in [0, 0.1) is 0 Å². The van der Waals surface area contributed by atoms with E-state index in [1.807, 2.05) is 0 Å². The lowest BCUT2D eigenvalue weighted by molar-refractivity contribution is -0.0499. The molecule has 2 aromatic rings. The largest absolute Gasteiger partial charge is 0.433 e. The summed E-state index contributed by atoms with van der Waals surface area (Å²) in [5, 5.41) is 3.95. The van der Waals surface area contributed by atoms with Crippen molar-refractivity contribution in [1.82, 2.24) is 9.78 Å². The van der Waals surface area contributed by atoms with Crippen LogP contribution in [-0.2, 0) is 0 Å². The first-order valence-corrected chi connectivity index (χ1v) is 4.31. The topological polar surface area (TPSA) is 27.1 Å². The van der Waals surface area contributed by atoms with E-state index in [4.69, 9.17) is 0 Å². The maximum atomic E-state index is 12.1. The quantitative estimate of drug-likeness (QED) is 0.778. The highest BCUT2D eigenvalue weighted by Gasteiger charge is 2.09. The third kappa shape index (κ3) is 2.12. The lowest BCUT2D eigenvalue weighted by Gasteiger charge is -2.09. The molecule has 1 heterocycles. The van der Waals surface area contributed by atoms with Gasteiger partial charge in [0.15, 0.2) is 5.75 Å². The summed E-state index contributed by atoms with van der Waals surface area (Å²) in [5.74, 6) is 0.108. The van der Waals surface area contributed by atoms with Gasteiger partial charge in [-0.25, -0.2) is 4.68 Å². The van der Waals surface area contributed by atoms with Crippen LogP contribution in [0.1, 0.15) is 0 Å². The van der Waals surface area contributed by atoms with Crippen LogP contribution in [0.4, 0.5) is 8.78 Å². The van der Waals surface area contributed by atoms with Gasteiger partial charge in [0.2, 0.25) is 0 Å². The molecular formula is C10H8F2N2O. The van der Waals surface area contributed by atoms with Crippen LogP contribution in [0.3, 0.4) is 0 Å². The van der Waals surface area contributed by atoms with E-state index < -0.39 is 6.61 Å². The number of hydrogen-bond donors (Lipinski definition) is 0. The third-order valence-electron chi connectivity index (χ3n) is 1.83. The maximum Gasteiger partial charge on any atom is 0.387 e. The number of para-hydroxylation sites is 2. The Bertz CT molecular complexity index is 429. The van der Waals surface area contributed by atoms with E-state index >= 15 is 0 Å². The summed E-state index contributed by atoms with van der Waals surface area (Å²) >= 11 is 0. The number of halogens is 2. The summed E-state index contributed by atoms with van der Waals surface area (Å²) in [6.45, 7) is -2.83. The molecule has 15 heavy (non-hydrogen) atoms. The average Bonchev–Trinajstić information content (AvgIpc) is 2.70. The zero-order valence-corrected chi connectivity index (χ0v) is 7.68. The first kappa shape index (κ1) is 9.64. The smallest absolute Gasteiger partial charge is 0.387 e. The van der Waals surface area contributed by atoms with Gasteiger partial charge in [-0.1, -0.05) is 12.1 Å². The molecule has 0 atom stereocenters. The van der Waals surface area contributed by atoms with Crippen LogP contribution in [0.25, 0.3) is 5.69 Å². The van der Waals surface area contributed by atoms with Gasteiger partial charge in [0, 0.05) is 12.4 Å². The lowest BCUT2D eigenvalue weighted by atomic mass is 10.3. The zero-order valence-electron chi connectivity index (χ0n) is 7.68. The fourth-order valence-electron chi connectivity index (χ4n) is 1.25. The van der Waals surface area contributed by atoms with Gasteiger partial charge in [-0.15, -0.1) is 0 Å². The predicted octanol–water partition coefficient (Wildman–Crippen LogP) is 2.47. The van der Waals surface area contributed by atoms with E-state index in [9.17, 15) is 8.78 Å². The molecule has 0 amide bonds. The summed E-state index contributed by atoms with van der Waals surface area (Å²) in [5.41, 5.74) is 0.489. The average molecular weight is 210 g/mol. The Kier molecular flexibility index (Phi) is 2.62. The molecule has 0 N–H and O–H groups in total. The number of alkyl halides is 2. The molecule has 78 valence electrons. The summed E-state index contributed by atoms with van der Waals surface area (Å²) < 4.78 is 30.0. The number of benzene rings is 1. The first-order valence-electron chi connectivity index (χ1n) is 4.31. The molecule has 2 rings (SSSR count). The SMILES string of the molecule is FC(F)Oc1ccccc1-n1cccn1. The molecule has 0 spiro atoms. The minimum absolute atomic E-state index is 0.108. The van der Waals surface area contributed by atoms with E-state index in [1.54, 1.807) is 36.7 Å². The Morgan fingerprint density at radius 1 is 1.20 bits per heavy atom. The van der Waals surface area contributed by atoms with Crippen LogP contribution in [-0.4, -0.2) is 16.4 Å². The number of hydrogen-bond acceptors (Lipinski definition) is 2. The van der Waals surface area contributed by atoms with Crippen molar-refractivity contribution < 1.29 is 13.5 Å². The number of rotatable bonds is 3. The van der Waals surface area contributed by atoms with E-state index in [1.165, 1.54) is 10.7 Å². The van der Waals surface area contributed by atoms with Gasteiger partial charge in [-0.05, 0) is 18.2 Å². The molecule has 3 nitrogen and oxygen atoms in total. The maximum absolute atomic E-state index is 12.1. The highest BCUT2D eigenvalue weighted by molar-refractivity contribution is 5.45. The van der Waals surface area contributed by atoms with Gasteiger partial charge in [0.1, 0.15) is 5.69 Å². The Morgan fingerprint density at radius 3 is 2.67 bits per heavy atom. The van der Waals surface area contributed by atoms with Crippen LogP contribution in [0.5, 0.6) is 5.75 Å². The summed E-state index contributed by atoms with van der Waals surface area (Å²) in [7, 11) is 0. The monoisotopic (exact) mass is 210 g/mol. The van der Waals surface area contributed by atoms with Crippen LogP contribution >= 0.6 is 0 Å². The molecule has 0 radical (unpaired) electrons. The minimum atomic E-state index is -2.83. The van der Waals surface area contributed by atoms with Crippen molar-refractivity contribution in [1.29, 1.82) is 0 Å². The molecule has 0 aliphatic carbocycles. The van der Waals surface area contributed by atoms with Crippen molar-refractivity contribution in [3.63, 3.8) is 0 Å². The van der Waals surface area contributed by atoms with E-state index in [0.29, 0.717) is 5.69 Å². The number of nitrogens with zero attached hydrogens (tertiary/aromatic N) is 2. The van der Waals surface area contributed by atoms with Crippen molar-refractivity contribution in [2.45, 2.75) is 6.61 Å². The highest BCUT2D eigenvalue weighted by Crippen LogP contribution is 2.23. The first-order chi connectivity index (χ1) is 7.27. The van der Waals surface area contributed by atoms with Gasteiger partial charge in [-0.2, -0.15) is 13.9 Å². The Morgan fingerprint density at radius 2 is 2.00 bits per heavy atom. The van der Waals surface area contributed by atoms with Gasteiger partial charge < -0.3 is 4.74 Å². The second-order valence-corrected chi connectivity index (χ2v) is 2.80. The molecule has 0 saturated heterocycles.